The van der Waals surface area contributed by atoms with Crippen LogP contribution in [0.25, 0.3) is 17.0 Å². The van der Waals surface area contributed by atoms with Crippen LogP contribution in [0.4, 0.5) is 0 Å². The molecule has 1 amide bonds. The highest BCUT2D eigenvalue weighted by molar-refractivity contribution is 5.98. The molecule has 5 heteroatoms. The molecule has 1 atom stereocenters. The number of likely N-dealkylation sites (tertiary alicyclic amines) is 1. The Labute approximate surface area is 164 Å². The van der Waals surface area contributed by atoms with Gasteiger partial charge in [-0.15, -0.1) is 0 Å². The predicted molar refractivity (Wildman–Crippen MR) is 111 cm³/mol. The topological polar surface area (TPSA) is 83.3 Å². The molecule has 1 saturated heterocycles. The number of nitrogen functional groups attached to an aromatic ring is 1. The first-order valence-electron chi connectivity index (χ1n) is 9.50. The lowest BCUT2D eigenvalue weighted by atomic mass is 10.1. The summed E-state index contributed by atoms with van der Waals surface area (Å²) in [6, 6.07) is 17.3. The van der Waals surface area contributed by atoms with Crippen LogP contribution in [0, 0.1) is 5.41 Å². The van der Waals surface area contributed by atoms with E-state index in [1.54, 1.807) is 6.07 Å². The van der Waals surface area contributed by atoms with Crippen LogP contribution in [0.3, 0.4) is 0 Å². The summed E-state index contributed by atoms with van der Waals surface area (Å²) in [5.74, 6) is 0.936. The number of carbonyl (C=O) groups excluding carboxylic acids is 1. The normalized spacial score (nSPS) is 16.9. The fourth-order valence-corrected chi connectivity index (χ4v) is 3.69. The summed E-state index contributed by atoms with van der Waals surface area (Å²) < 4.78 is 5.85. The molecule has 0 spiro atoms. The second-order valence-corrected chi connectivity index (χ2v) is 7.13. The highest BCUT2D eigenvalue weighted by Gasteiger charge is 2.26. The van der Waals surface area contributed by atoms with Crippen LogP contribution in [0.5, 0.6) is 0 Å². The number of fused-ring (bicyclic) bond motifs is 1. The molecule has 2 heterocycles. The molecule has 1 aliphatic heterocycles. The molecule has 28 heavy (non-hydrogen) atoms. The number of amides is 1. The lowest BCUT2D eigenvalue weighted by Crippen LogP contribution is -2.35. The van der Waals surface area contributed by atoms with Crippen molar-refractivity contribution in [2.45, 2.75) is 25.3 Å². The summed E-state index contributed by atoms with van der Waals surface area (Å²) in [6.45, 7) is 0.794. The van der Waals surface area contributed by atoms with Crippen molar-refractivity contribution < 1.29 is 9.21 Å². The van der Waals surface area contributed by atoms with Gasteiger partial charge in [0.2, 0.25) is 5.91 Å². The van der Waals surface area contributed by atoms with Crippen LogP contribution in [-0.2, 0) is 11.2 Å². The summed E-state index contributed by atoms with van der Waals surface area (Å²) in [5, 5.41) is 8.46. The van der Waals surface area contributed by atoms with Gasteiger partial charge in [0.15, 0.2) is 0 Å². The molecular weight excluding hydrogens is 350 g/mol. The summed E-state index contributed by atoms with van der Waals surface area (Å²) in [4.78, 5) is 14.7. The molecule has 3 aromatic rings. The van der Waals surface area contributed by atoms with Crippen molar-refractivity contribution in [3.63, 3.8) is 0 Å². The standard InChI is InChI=1S/C23H23N3O2/c24-23(25)17-8-11-21-18(14-17)15-20(28-21)10-9-19-7-4-12-26(19)22(27)13-16-5-2-1-3-6-16/h1-3,5-6,8-11,14-15,19H,4,7,12-13H2,(H3,24,25)/t19-/m0/s1. The molecule has 1 aromatic heterocycles. The summed E-state index contributed by atoms with van der Waals surface area (Å²) in [6.07, 6.45) is 6.40. The van der Waals surface area contributed by atoms with E-state index in [0.29, 0.717) is 12.0 Å². The number of amidine groups is 1. The average Bonchev–Trinajstić information content (AvgIpc) is 3.32. The number of hydrogen-bond acceptors (Lipinski definition) is 3. The molecule has 3 N–H and O–H groups in total. The van der Waals surface area contributed by atoms with Crippen LogP contribution in [0.2, 0.25) is 0 Å². The Balaban J connectivity index is 1.48. The van der Waals surface area contributed by atoms with E-state index >= 15 is 0 Å². The lowest BCUT2D eigenvalue weighted by molar-refractivity contribution is -0.130. The molecule has 4 rings (SSSR count). The molecule has 1 fully saturated rings. The Morgan fingerprint density at radius 3 is 2.82 bits per heavy atom. The maximum absolute atomic E-state index is 12.7. The molecule has 0 saturated carbocycles. The molecule has 5 nitrogen and oxygen atoms in total. The van der Waals surface area contributed by atoms with E-state index in [1.807, 2.05) is 59.5 Å². The van der Waals surface area contributed by atoms with Gasteiger partial charge in [0.1, 0.15) is 17.2 Å². The van der Waals surface area contributed by atoms with E-state index in [1.165, 1.54) is 0 Å². The Morgan fingerprint density at radius 2 is 2.04 bits per heavy atom. The fraction of sp³-hybridized carbons (Fsp3) is 0.217. The summed E-state index contributed by atoms with van der Waals surface area (Å²) >= 11 is 0. The zero-order chi connectivity index (χ0) is 19.5. The zero-order valence-corrected chi connectivity index (χ0v) is 15.6. The molecule has 0 unspecified atom stereocenters. The lowest BCUT2D eigenvalue weighted by Gasteiger charge is -2.22. The number of nitrogens with one attached hydrogen (secondary N) is 1. The van der Waals surface area contributed by atoms with Crippen molar-refractivity contribution in [1.29, 1.82) is 5.41 Å². The Bertz CT molecular complexity index is 1040. The van der Waals surface area contributed by atoms with E-state index in [2.05, 4.69) is 6.08 Å². The Kier molecular flexibility index (Phi) is 4.98. The van der Waals surface area contributed by atoms with Gasteiger partial charge >= 0.3 is 0 Å². The highest BCUT2D eigenvalue weighted by Crippen LogP contribution is 2.24. The van der Waals surface area contributed by atoms with Crippen LogP contribution in [-0.4, -0.2) is 29.2 Å². The SMILES string of the molecule is N=C(N)c1ccc2oc(C=C[C@@H]3CCCN3C(=O)Cc3ccccc3)cc2c1. The molecule has 2 aromatic carbocycles. The van der Waals surface area contributed by atoms with Gasteiger partial charge in [-0.1, -0.05) is 36.4 Å². The van der Waals surface area contributed by atoms with Gasteiger partial charge in [-0.25, -0.2) is 0 Å². The van der Waals surface area contributed by atoms with Crippen LogP contribution in [0.1, 0.15) is 29.7 Å². The van der Waals surface area contributed by atoms with Crippen molar-refractivity contribution in [1.82, 2.24) is 4.90 Å². The van der Waals surface area contributed by atoms with Gasteiger partial charge in [0.25, 0.3) is 0 Å². The van der Waals surface area contributed by atoms with Crippen LogP contribution < -0.4 is 5.73 Å². The van der Waals surface area contributed by atoms with Gasteiger partial charge < -0.3 is 15.1 Å². The molecule has 0 radical (unpaired) electrons. The van der Waals surface area contributed by atoms with Crippen LogP contribution in [0.15, 0.2) is 65.1 Å². The van der Waals surface area contributed by atoms with E-state index in [-0.39, 0.29) is 17.8 Å². The second kappa shape index (κ2) is 7.72. The average molecular weight is 373 g/mol. The van der Waals surface area contributed by atoms with Gasteiger partial charge in [0, 0.05) is 17.5 Å². The minimum atomic E-state index is 0.0405. The second-order valence-electron chi connectivity index (χ2n) is 7.13. The van der Waals surface area contributed by atoms with E-state index < -0.39 is 0 Å². The maximum Gasteiger partial charge on any atom is 0.227 e. The van der Waals surface area contributed by atoms with E-state index in [0.717, 1.165) is 41.7 Å². The number of benzene rings is 2. The van der Waals surface area contributed by atoms with Crippen molar-refractivity contribution >= 4 is 28.8 Å². The van der Waals surface area contributed by atoms with Crippen molar-refractivity contribution in [2.75, 3.05) is 6.54 Å². The number of hydrogen-bond donors (Lipinski definition) is 2. The van der Waals surface area contributed by atoms with E-state index in [9.17, 15) is 4.79 Å². The third-order valence-electron chi connectivity index (χ3n) is 5.15. The first-order chi connectivity index (χ1) is 13.6. The molecular formula is C23H23N3O2. The van der Waals surface area contributed by atoms with Crippen molar-refractivity contribution in [3.8, 4) is 0 Å². The number of nitrogens with zero attached hydrogens (tertiary/aromatic N) is 1. The number of rotatable bonds is 5. The third kappa shape index (κ3) is 3.83. The minimum Gasteiger partial charge on any atom is -0.457 e. The predicted octanol–water partition coefficient (Wildman–Crippen LogP) is 3.96. The third-order valence-corrected chi connectivity index (χ3v) is 5.15. The molecule has 1 aliphatic rings. The van der Waals surface area contributed by atoms with Crippen molar-refractivity contribution in [3.05, 3.63) is 77.6 Å². The van der Waals surface area contributed by atoms with Gasteiger partial charge in [0.05, 0.1) is 12.5 Å². The fourth-order valence-electron chi connectivity index (χ4n) is 3.69. The number of carbonyl (C=O) groups is 1. The Hall–Kier alpha value is -3.34. The first kappa shape index (κ1) is 18.0. The Morgan fingerprint density at radius 1 is 1.21 bits per heavy atom. The molecule has 142 valence electrons. The first-order valence-corrected chi connectivity index (χ1v) is 9.50. The van der Waals surface area contributed by atoms with Gasteiger partial charge in [-0.2, -0.15) is 0 Å². The smallest absolute Gasteiger partial charge is 0.227 e. The minimum absolute atomic E-state index is 0.0405. The zero-order valence-electron chi connectivity index (χ0n) is 15.6. The van der Waals surface area contributed by atoms with E-state index in [4.69, 9.17) is 15.6 Å². The highest BCUT2D eigenvalue weighted by atomic mass is 16.3. The van der Waals surface area contributed by atoms with Crippen molar-refractivity contribution in [2.24, 2.45) is 5.73 Å². The quantitative estimate of drug-likeness (QED) is 0.524. The van der Waals surface area contributed by atoms with Gasteiger partial charge in [-0.3, -0.25) is 10.2 Å². The number of furan rings is 1. The molecule has 0 aliphatic carbocycles. The number of nitrogens with two attached hydrogens (primary N) is 1. The van der Waals surface area contributed by atoms with Crippen LogP contribution >= 0.6 is 0 Å². The summed E-state index contributed by atoms with van der Waals surface area (Å²) in [5.41, 5.74) is 8.03. The largest absolute Gasteiger partial charge is 0.457 e. The molecule has 0 bridgehead atoms. The maximum atomic E-state index is 12.7. The monoisotopic (exact) mass is 373 g/mol. The van der Waals surface area contributed by atoms with Gasteiger partial charge in [-0.05, 0) is 48.7 Å². The summed E-state index contributed by atoms with van der Waals surface area (Å²) in [7, 11) is 0.